The number of hydrogen-bond donors (Lipinski definition) is 3. The number of rotatable bonds is 5. The number of sulfonamides is 1. The van der Waals surface area contributed by atoms with Crippen molar-refractivity contribution in [3.63, 3.8) is 0 Å². The molecule has 8 nitrogen and oxygen atoms in total. The first-order valence-electron chi connectivity index (χ1n) is 8.79. The van der Waals surface area contributed by atoms with E-state index in [9.17, 15) is 21.6 Å². The molecule has 3 rings (SSSR count). The van der Waals surface area contributed by atoms with Gasteiger partial charge in [0.2, 0.25) is 0 Å². The molecule has 1 aliphatic heterocycles. The van der Waals surface area contributed by atoms with Crippen molar-refractivity contribution >= 4 is 44.1 Å². The standard InChI is InChI=1S/C15H18ClN3O3S2.C2HF3O2/c1-10-9-17-5-4-13(10)22-14-3-2-11(8-12(14)16)24(20,21)19-15-18-6-7-23-15;3-2(4,5)1(6)7/h2-3,6-8,10,13,17H,4-5,9H2,1H3,(H,18,19);(H,6,7)/t10-,13+;/m0./s1. The Morgan fingerprint density at radius 2 is 2.10 bits per heavy atom. The van der Waals surface area contributed by atoms with Gasteiger partial charge >= 0.3 is 12.1 Å². The van der Waals surface area contributed by atoms with Gasteiger partial charge in [-0.05, 0) is 31.2 Å². The van der Waals surface area contributed by atoms with Crippen molar-refractivity contribution in [3.05, 3.63) is 34.8 Å². The molecule has 0 spiro atoms. The molecule has 14 heteroatoms. The third-order valence-corrected chi connectivity index (χ3v) is 6.54. The molecular formula is C17H19ClF3N3O5S2. The van der Waals surface area contributed by atoms with Crippen LogP contribution in [-0.2, 0) is 14.8 Å². The number of anilines is 1. The Kier molecular flexibility index (Phi) is 8.51. The van der Waals surface area contributed by atoms with Crippen LogP contribution in [0.5, 0.6) is 5.75 Å². The number of ether oxygens (including phenoxy) is 1. The maximum Gasteiger partial charge on any atom is 0.490 e. The van der Waals surface area contributed by atoms with E-state index in [4.69, 9.17) is 26.2 Å². The van der Waals surface area contributed by atoms with Gasteiger partial charge in [-0.2, -0.15) is 13.2 Å². The van der Waals surface area contributed by atoms with Crippen LogP contribution in [0.1, 0.15) is 13.3 Å². The third kappa shape index (κ3) is 7.52. The molecule has 2 aromatic rings. The van der Waals surface area contributed by atoms with Crippen molar-refractivity contribution in [2.24, 2.45) is 5.92 Å². The lowest BCUT2D eigenvalue weighted by atomic mass is 9.98. The summed E-state index contributed by atoms with van der Waals surface area (Å²) in [5.41, 5.74) is 0. The number of hydrogen-bond acceptors (Lipinski definition) is 7. The van der Waals surface area contributed by atoms with Crippen LogP contribution in [0.4, 0.5) is 18.3 Å². The Labute approximate surface area is 185 Å². The normalized spacial score (nSPS) is 19.1. The number of alkyl halides is 3. The van der Waals surface area contributed by atoms with E-state index in [1.165, 1.54) is 29.7 Å². The van der Waals surface area contributed by atoms with Crippen LogP contribution in [0.15, 0.2) is 34.7 Å². The number of halogens is 4. The van der Waals surface area contributed by atoms with Crippen molar-refractivity contribution in [2.75, 3.05) is 17.8 Å². The maximum atomic E-state index is 12.4. The van der Waals surface area contributed by atoms with Crippen molar-refractivity contribution < 1.29 is 36.2 Å². The minimum absolute atomic E-state index is 0.0691. The Balaban J connectivity index is 0.000000423. The van der Waals surface area contributed by atoms with Crippen molar-refractivity contribution in [1.82, 2.24) is 10.3 Å². The van der Waals surface area contributed by atoms with E-state index >= 15 is 0 Å². The summed E-state index contributed by atoms with van der Waals surface area (Å²) in [7, 11) is -3.72. The average Bonchev–Trinajstić information content (AvgIpc) is 3.17. The van der Waals surface area contributed by atoms with E-state index in [1.807, 2.05) is 0 Å². The van der Waals surface area contributed by atoms with E-state index in [-0.39, 0.29) is 16.0 Å². The summed E-state index contributed by atoms with van der Waals surface area (Å²) in [6.07, 6.45) is -2.59. The Morgan fingerprint density at radius 1 is 1.42 bits per heavy atom. The fourth-order valence-corrected chi connectivity index (χ4v) is 4.62. The molecule has 2 atom stereocenters. The average molecular weight is 502 g/mol. The molecule has 2 heterocycles. The van der Waals surface area contributed by atoms with E-state index in [0.717, 1.165) is 19.5 Å². The highest BCUT2D eigenvalue weighted by Gasteiger charge is 2.38. The number of benzene rings is 1. The summed E-state index contributed by atoms with van der Waals surface area (Å²) in [6.45, 7) is 3.91. The topological polar surface area (TPSA) is 118 Å². The van der Waals surface area contributed by atoms with Gasteiger partial charge in [0.1, 0.15) is 11.9 Å². The molecule has 1 aromatic heterocycles. The summed E-state index contributed by atoms with van der Waals surface area (Å²) in [6, 6.07) is 4.50. The molecule has 1 fully saturated rings. The summed E-state index contributed by atoms with van der Waals surface area (Å²) < 4.78 is 64.8. The van der Waals surface area contributed by atoms with Crippen LogP contribution in [0, 0.1) is 5.92 Å². The quantitative estimate of drug-likeness (QED) is 0.573. The van der Waals surface area contributed by atoms with Gasteiger partial charge in [0.25, 0.3) is 10.0 Å². The minimum Gasteiger partial charge on any atom is -0.488 e. The van der Waals surface area contributed by atoms with Gasteiger partial charge in [0.15, 0.2) is 5.13 Å². The van der Waals surface area contributed by atoms with Gasteiger partial charge in [0, 0.05) is 24.0 Å². The van der Waals surface area contributed by atoms with Gasteiger partial charge < -0.3 is 15.2 Å². The summed E-state index contributed by atoms with van der Waals surface area (Å²) >= 11 is 7.45. The Hall–Kier alpha value is -2.09. The zero-order chi connectivity index (χ0) is 23.2. The fraction of sp³-hybridized carbons (Fsp3) is 0.412. The number of nitrogens with zero attached hydrogens (tertiary/aromatic N) is 1. The zero-order valence-electron chi connectivity index (χ0n) is 16.0. The second kappa shape index (κ2) is 10.5. The highest BCUT2D eigenvalue weighted by atomic mass is 35.5. The van der Waals surface area contributed by atoms with Gasteiger partial charge in [-0.25, -0.2) is 18.2 Å². The second-order valence-electron chi connectivity index (χ2n) is 6.46. The van der Waals surface area contributed by atoms with Crippen LogP contribution in [0.3, 0.4) is 0 Å². The van der Waals surface area contributed by atoms with E-state index in [2.05, 4.69) is 21.9 Å². The van der Waals surface area contributed by atoms with Crippen LogP contribution in [0.2, 0.25) is 5.02 Å². The SMILES string of the molecule is C[C@H]1CNCC[C@H]1Oc1ccc(S(=O)(=O)Nc2nccs2)cc1Cl.O=C(O)C(F)(F)F. The number of carboxylic acid groups (broad SMARTS) is 1. The number of piperidine rings is 1. The number of aromatic nitrogens is 1. The highest BCUT2D eigenvalue weighted by molar-refractivity contribution is 7.93. The molecule has 0 amide bonds. The lowest BCUT2D eigenvalue weighted by molar-refractivity contribution is -0.192. The molecule has 3 N–H and O–H groups in total. The predicted molar refractivity (Wildman–Crippen MR) is 109 cm³/mol. The lowest BCUT2D eigenvalue weighted by Crippen LogP contribution is -2.41. The lowest BCUT2D eigenvalue weighted by Gasteiger charge is -2.30. The van der Waals surface area contributed by atoms with E-state index in [0.29, 0.717) is 16.8 Å². The maximum absolute atomic E-state index is 12.4. The first kappa shape index (κ1) is 25.2. The van der Waals surface area contributed by atoms with Gasteiger partial charge in [-0.3, -0.25) is 4.72 Å². The summed E-state index contributed by atoms with van der Waals surface area (Å²) in [5.74, 6) is -1.89. The molecule has 1 saturated heterocycles. The van der Waals surface area contributed by atoms with E-state index < -0.39 is 22.2 Å². The fourth-order valence-electron chi connectivity index (χ4n) is 2.52. The number of thiazole rings is 1. The molecule has 1 aromatic carbocycles. The first-order valence-corrected chi connectivity index (χ1v) is 11.5. The minimum atomic E-state index is -5.08. The number of aliphatic carboxylic acids is 1. The first-order chi connectivity index (χ1) is 14.4. The van der Waals surface area contributed by atoms with Crippen molar-refractivity contribution in [2.45, 2.75) is 30.5 Å². The number of nitrogens with one attached hydrogen (secondary N) is 2. The zero-order valence-corrected chi connectivity index (χ0v) is 18.4. The Bertz CT molecular complexity index is 987. The molecule has 0 saturated carbocycles. The van der Waals surface area contributed by atoms with Crippen LogP contribution < -0.4 is 14.8 Å². The third-order valence-electron chi connectivity index (χ3n) is 4.10. The highest BCUT2D eigenvalue weighted by Crippen LogP contribution is 2.31. The summed E-state index contributed by atoms with van der Waals surface area (Å²) in [5, 5.41) is 12.7. The van der Waals surface area contributed by atoms with Crippen LogP contribution >= 0.6 is 22.9 Å². The molecule has 172 valence electrons. The smallest absolute Gasteiger partial charge is 0.488 e. The van der Waals surface area contributed by atoms with Gasteiger partial charge in [0.05, 0.1) is 9.92 Å². The monoisotopic (exact) mass is 501 g/mol. The molecule has 0 unspecified atom stereocenters. The molecule has 0 bridgehead atoms. The Morgan fingerprint density at radius 3 is 2.61 bits per heavy atom. The van der Waals surface area contributed by atoms with Crippen molar-refractivity contribution in [1.29, 1.82) is 0 Å². The number of carboxylic acids is 1. The van der Waals surface area contributed by atoms with Gasteiger partial charge in [-0.15, -0.1) is 11.3 Å². The molecule has 0 aliphatic carbocycles. The summed E-state index contributed by atoms with van der Waals surface area (Å²) in [4.78, 5) is 12.9. The van der Waals surface area contributed by atoms with E-state index in [1.54, 1.807) is 11.4 Å². The molecule has 1 aliphatic rings. The van der Waals surface area contributed by atoms with Crippen LogP contribution in [0.25, 0.3) is 0 Å². The number of carbonyl (C=O) groups is 1. The second-order valence-corrected chi connectivity index (χ2v) is 9.45. The largest absolute Gasteiger partial charge is 0.490 e. The molecule has 31 heavy (non-hydrogen) atoms. The van der Waals surface area contributed by atoms with Crippen molar-refractivity contribution in [3.8, 4) is 5.75 Å². The molecular weight excluding hydrogens is 483 g/mol. The molecule has 0 radical (unpaired) electrons. The van der Waals surface area contributed by atoms with Gasteiger partial charge in [-0.1, -0.05) is 18.5 Å². The van der Waals surface area contributed by atoms with Crippen LogP contribution in [-0.4, -0.2) is 49.8 Å². The predicted octanol–water partition coefficient (Wildman–Crippen LogP) is 3.61.